The third kappa shape index (κ3) is 2.84. The average Bonchev–Trinajstić information content (AvgIpc) is 2.66. The molecule has 9 heteroatoms. The third-order valence-electron chi connectivity index (χ3n) is 2.28. The topological polar surface area (TPSA) is 78.9 Å². The number of nitriles is 1. The van der Waals surface area contributed by atoms with Gasteiger partial charge in [0, 0.05) is 5.02 Å². The number of aromatic carboxylic acids is 1. The molecule has 104 valence electrons. The largest absolute Gasteiger partial charge is 0.476 e. The van der Waals surface area contributed by atoms with Crippen LogP contribution in [0.1, 0.15) is 16.1 Å². The fourth-order valence-corrected chi connectivity index (χ4v) is 2.21. The normalized spacial score (nSPS) is 9.70. The van der Waals surface area contributed by atoms with Gasteiger partial charge in [-0.3, -0.25) is 0 Å². The predicted octanol–water partition coefficient (Wildman–Crippen LogP) is 3.82. The average molecular weight is 353 g/mol. The molecule has 0 radical (unpaired) electrons. The number of carboxylic acids is 1. The number of carboxylic acid groups (broad SMARTS) is 1. The summed E-state index contributed by atoms with van der Waals surface area (Å²) in [6.07, 6.45) is 0. The Hall–Kier alpha value is -1.45. The highest BCUT2D eigenvalue weighted by molar-refractivity contribution is 6.36. The maximum atomic E-state index is 11.0. The van der Waals surface area contributed by atoms with Gasteiger partial charge in [-0.1, -0.05) is 34.8 Å². The second kappa shape index (κ2) is 6.33. The zero-order chi connectivity index (χ0) is 14.2. The summed E-state index contributed by atoms with van der Waals surface area (Å²) in [7, 11) is 0. The van der Waals surface area contributed by atoms with E-state index < -0.39 is 11.7 Å². The number of hydrogen-bond acceptors (Lipinski definition) is 3. The van der Waals surface area contributed by atoms with Gasteiger partial charge >= 0.3 is 5.97 Å². The monoisotopic (exact) mass is 351 g/mol. The first-order valence-corrected chi connectivity index (χ1v) is 5.96. The molecule has 0 fully saturated rings. The Morgan fingerprint density at radius 3 is 2.45 bits per heavy atom. The van der Waals surface area contributed by atoms with Crippen molar-refractivity contribution in [2.45, 2.75) is 0 Å². The van der Waals surface area contributed by atoms with E-state index in [4.69, 9.17) is 45.2 Å². The molecule has 2 aromatic rings. The number of hydrogen-bond donors (Lipinski definition) is 1. The highest BCUT2D eigenvalue weighted by Gasteiger charge is 2.23. The minimum Gasteiger partial charge on any atom is -0.476 e. The molecule has 5 nitrogen and oxygen atoms in total. The Morgan fingerprint density at radius 2 is 2.00 bits per heavy atom. The second-order valence-electron chi connectivity index (χ2n) is 3.44. The standard InChI is InChI=1S/C11H4Cl3N3O2.ClH/c12-5-1-2-8(7(13)3-5)17-10(14)6(4-15)9(16-17)11(18)19;/h1-3H,(H,18,19);1H. The van der Waals surface area contributed by atoms with E-state index in [1.54, 1.807) is 12.1 Å². The molecular weight excluding hydrogens is 348 g/mol. The van der Waals surface area contributed by atoms with E-state index in [2.05, 4.69) is 5.10 Å². The van der Waals surface area contributed by atoms with Gasteiger partial charge in [-0.05, 0) is 18.2 Å². The van der Waals surface area contributed by atoms with Gasteiger partial charge in [0.05, 0.1) is 10.7 Å². The summed E-state index contributed by atoms with van der Waals surface area (Å²) in [5.74, 6) is -1.35. The van der Waals surface area contributed by atoms with Crippen molar-refractivity contribution >= 4 is 53.2 Å². The van der Waals surface area contributed by atoms with Crippen LogP contribution in [0, 0.1) is 11.3 Å². The fraction of sp³-hybridized carbons (Fsp3) is 0. The van der Waals surface area contributed by atoms with Crippen LogP contribution >= 0.6 is 47.2 Å². The molecule has 1 heterocycles. The SMILES string of the molecule is Cl.N#Cc1c(C(=O)O)nn(-c2ccc(Cl)cc2Cl)c1Cl. The molecule has 2 rings (SSSR count). The molecule has 0 amide bonds. The van der Waals surface area contributed by atoms with Gasteiger partial charge in [0.1, 0.15) is 11.6 Å². The van der Waals surface area contributed by atoms with Crippen molar-refractivity contribution in [1.82, 2.24) is 9.78 Å². The molecular formula is C11H5Cl4N3O2. The molecule has 0 unspecified atom stereocenters. The van der Waals surface area contributed by atoms with Crippen LogP contribution < -0.4 is 0 Å². The Balaban J connectivity index is 0.00000200. The van der Waals surface area contributed by atoms with Gasteiger partial charge in [0.25, 0.3) is 0 Å². The molecule has 0 saturated heterocycles. The first-order chi connectivity index (χ1) is 8.95. The van der Waals surface area contributed by atoms with Gasteiger partial charge in [0.2, 0.25) is 0 Å². The molecule has 1 aromatic heterocycles. The van der Waals surface area contributed by atoms with Gasteiger partial charge in [-0.15, -0.1) is 12.4 Å². The van der Waals surface area contributed by atoms with Crippen LogP contribution in [0.15, 0.2) is 18.2 Å². The molecule has 0 saturated carbocycles. The van der Waals surface area contributed by atoms with Gasteiger partial charge in [0.15, 0.2) is 10.8 Å². The van der Waals surface area contributed by atoms with E-state index in [9.17, 15) is 4.79 Å². The molecule has 0 spiro atoms. The summed E-state index contributed by atoms with van der Waals surface area (Å²) < 4.78 is 1.09. The van der Waals surface area contributed by atoms with Gasteiger partial charge < -0.3 is 5.11 Å². The van der Waals surface area contributed by atoms with Crippen molar-refractivity contribution in [2.75, 3.05) is 0 Å². The van der Waals surface area contributed by atoms with E-state index in [0.29, 0.717) is 10.7 Å². The number of benzene rings is 1. The zero-order valence-corrected chi connectivity index (χ0v) is 12.6. The van der Waals surface area contributed by atoms with Crippen LogP contribution in [-0.2, 0) is 0 Å². The molecule has 0 aliphatic heterocycles. The van der Waals surface area contributed by atoms with Crippen molar-refractivity contribution in [2.24, 2.45) is 0 Å². The number of nitrogens with zero attached hydrogens (tertiary/aromatic N) is 3. The van der Waals surface area contributed by atoms with Crippen molar-refractivity contribution < 1.29 is 9.90 Å². The summed E-state index contributed by atoms with van der Waals surface area (Å²) in [5, 5.41) is 22.2. The van der Waals surface area contributed by atoms with Crippen LogP contribution in [0.5, 0.6) is 0 Å². The molecule has 1 N–H and O–H groups in total. The van der Waals surface area contributed by atoms with Crippen molar-refractivity contribution in [3.63, 3.8) is 0 Å². The number of carbonyl (C=O) groups is 1. The smallest absolute Gasteiger partial charge is 0.357 e. The molecule has 0 aliphatic carbocycles. The first-order valence-electron chi connectivity index (χ1n) is 4.83. The van der Waals surface area contributed by atoms with Gasteiger partial charge in [-0.25, -0.2) is 9.48 Å². The highest BCUT2D eigenvalue weighted by atomic mass is 35.5. The number of halogens is 4. The Kier molecular flexibility index (Phi) is 5.26. The van der Waals surface area contributed by atoms with Crippen molar-refractivity contribution in [3.05, 3.63) is 44.7 Å². The molecule has 0 aliphatic rings. The lowest BCUT2D eigenvalue weighted by molar-refractivity contribution is 0.0689. The van der Waals surface area contributed by atoms with Crippen LogP contribution in [0.2, 0.25) is 15.2 Å². The number of rotatable bonds is 2. The van der Waals surface area contributed by atoms with Crippen LogP contribution in [-0.4, -0.2) is 20.9 Å². The maximum absolute atomic E-state index is 11.0. The van der Waals surface area contributed by atoms with Crippen molar-refractivity contribution in [3.8, 4) is 11.8 Å². The Labute approximate surface area is 134 Å². The lowest BCUT2D eigenvalue weighted by Gasteiger charge is -2.05. The lowest BCUT2D eigenvalue weighted by Crippen LogP contribution is -2.02. The minimum atomic E-state index is -1.35. The Bertz CT molecular complexity index is 721. The Morgan fingerprint density at radius 1 is 1.35 bits per heavy atom. The molecule has 20 heavy (non-hydrogen) atoms. The van der Waals surface area contributed by atoms with E-state index in [0.717, 1.165) is 4.68 Å². The predicted molar refractivity (Wildman–Crippen MR) is 77.5 cm³/mol. The summed E-state index contributed by atoms with van der Waals surface area (Å²) >= 11 is 17.7. The quantitative estimate of drug-likeness (QED) is 0.890. The highest BCUT2D eigenvalue weighted by Crippen LogP contribution is 2.29. The van der Waals surface area contributed by atoms with Gasteiger partial charge in [-0.2, -0.15) is 10.4 Å². The van der Waals surface area contributed by atoms with E-state index in [1.807, 2.05) is 0 Å². The first kappa shape index (κ1) is 16.6. The maximum Gasteiger partial charge on any atom is 0.357 e. The van der Waals surface area contributed by atoms with Crippen LogP contribution in [0.4, 0.5) is 0 Å². The van der Waals surface area contributed by atoms with Crippen LogP contribution in [0.3, 0.4) is 0 Å². The summed E-state index contributed by atoms with van der Waals surface area (Å²) in [5.41, 5.74) is -0.321. The molecule has 1 aromatic carbocycles. The van der Waals surface area contributed by atoms with E-state index >= 15 is 0 Å². The summed E-state index contributed by atoms with van der Waals surface area (Å²) in [6.45, 7) is 0. The summed E-state index contributed by atoms with van der Waals surface area (Å²) in [6, 6.07) is 6.24. The van der Waals surface area contributed by atoms with Crippen molar-refractivity contribution in [1.29, 1.82) is 5.26 Å². The summed E-state index contributed by atoms with van der Waals surface area (Å²) in [4.78, 5) is 11.0. The zero-order valence-electron chi connectivity index (χ0n) is 9.47. The lowest BCUT2D eigenvalue weighted by atomic mass is 10.3. The minimum absolute atomic E-state index is 0. The van der Waals surface area contributed by atoms with E-state index in [-0.39, 0.29) is 28.1 Å². The van der Waals surface area contributed by atoms with E-state index in [1.165, 1.54) is 12.1 Å². The second-order valence-corrected chi connectivity index (χ2v) is 4.64. The molecule has 0 bridgehead atoms. The number of aromatic nitrogens is 2. The fourth-order valence-electron chi connectivity index (χ4n) is 1.46. The third-order valence-corrected chi connectivity index (χ3v) is 3.17. The van der Waals surface area contributed by atoms with Crippen LogP contribution in [0.25, 0.3) is 5.69 Å². The molecule has 0 atom stereocenters.